The number of rotatable bonds is 0. The van der Waals surface area contributed by atoms with Gasteiger partial charge < -0.3 is 5.32 Å². The summed E-state index contributed by atoms with van der Waals surface area (Å²) in [4.78, 5) is 0. The molecule has 2 heterocycles. The van der Waals surface area contributed by atoms with E-state index in [0.29, 0.717) is 37.2 Å². The highest BCUT2D eigenvalue weighted by Crippen LogP contribution is 2.49. The summed E-state index contributed by atoms with van der Waals surface area (Å²) in [5.41, 5.74) is 0.716. The first-order valence-electron chi connectivity index (χ1n) is 5.59. The molecule has 100 valence electrons. The van der Waals surface area contributed by atoms with Gasteiger partial charge in [-0.05, 0) is 38.1 Å². The molecular weight excluding hydrogens is 279 g/mol. The largest absolute Gasteiger partial charge is 0.317 e. The number of nitrogens with one attached hydrogen (secondary N) is 2. The van der Waals surface area contributed by atoms with Crippen molar-refractivity contribution < 1.29 is 12.8 Å². The van der Waals surface area contributed by atoms with Crippen LogP contribution in [0.2, 0.25) is 0 Å². The first-order valence-corrected chi connectivity index (χ1v) is 7.07. The summed E-state index contributed by atoms with van der Waals surface area (Å²) in [5, 5.41) is 3.11. The van der Waals surface area contributed by atoms with E-state index in [1.165, 1.54) is 12.1 Å². The van der Waals surface area contributed by atoms with Crippen LogP contribution in [0.1, 0.15) is 18.4 Å². The van der Waals surface area contributed by atoms with E-state index < -0.39 is 20.6 Å². The zero-order valence-corrected chi connectivity index (χ0v) is 11.2. The second-order valence-corrected chi connectivity index (χ2v) is 6.50. The van der Waals surface area contributed by atoms with Crippen molar-refractivity contribution in [1.82, 2.24) is 5.32 Å². The molecule has 1 aromatic carbocycles. The Kier molecular flexibility index (Phi) is 3.29. The molecule has 2 N–H and O–H groups in total. The van der Waals surface area contributed by atoms with Gasteiger partial charge in [-0.1, -0.05) is 6.07 Å². The van der Waals surface area contributed by atoms with Crippen LogP contribution in [-0.4, -0.2) is 21.5 Å². The van der Waals surface area contributed by atoms with Gasteiger partial charge in [0.15, 0.2) is 0 Å². The third-order valence-corrected chi connectivity index (χ3v) is 5.77. The first kappa shape index (κ1) is 13.6. The third-order valence-electron chi connectivity index (χ3n) is 3.64. The van der Waals surface area contributed by atoms with Crippen molar-refractivity contribution in [3.05, 3.63) is 29.6 Å². The maximum atomic E-state index is 13.9. The molecule has 0 amide bonds. The summed E-state index contributed by atoms with van der Waals surface area (Å²) in [5.74, 6) is -0.432. The average molecular weight is 293 g/mol. The van der Waals surface area contributed by atoms with Gasteiger partial charge in [0, 0.05) is 5.56 Å². The van der Waals surface area contributed by atoms with Gasteiger partial charge in [0.25, 0.3) is 0 Å². The number of benzene rings is 1. The molecule has 0 aromatic heterocycles. The van der Waals surface area contributed by atoms with Gasteiger partial charge in [-0.3, -0.25) is 4.72 Å². The Balaban J connectivity index is 0.00000120. The summed E-state index contributed by atoms with van der Waals surface area (Å²) < 4.78 is 39.8. The van der Waals surface area contributed by atoms with Gasteiger partial charge in [0.1, 0.15) is 10.6 Å². The average Bonchev–Trinajstić information content (AvgIpc) is 2.49. The Labute approximate surface area is 111 Å². The second-order valence-electron chi connectivity index (χ2n) is 4.51. The van der Waals surface area contributed by atoms with E-state index in [1.54, 1.807) is 6.07 Å². The SMILES string of the molecule is Cl.O=S1(=O)Nc2cccc(F)c2C12CCNCC2. The topological polar surface area (TPSA) is 58.2 Å². The van der Waals surface area contributed by atoms with Gasteiger partial charge in [0.2, 0.25) is 10.0 Å². The minimum absolute atomic E-state index is 0. The highest BCUT2D eigenvalue weighted by atomic mass is 35.5. The maximum absolute atomic E-state index is 13.9. The fourth-order valence-corrected chi connectivity index (χ4v) is 4.67. The van der Waals surface area contributed by atoms with Crippen molar-refractivity contribution in [1.29, 1.82) is 0 Å². The van der Waals surface area contributed by atoms with E-state index in [4.69, 9.17) is 0 Å². The molecule has 1 saturated heterocycles. The molecule has 0 aliphatic carbocycles. The molecule has 1 fully saturated rings. The van der Waals surface area contributed by atoms with Gasteiger partial charge in [-0.2, -0.15) is 0 Å². The zero-order chi connectivity index (χ0) is 12.1. The lowest BCUT2D eigenvalue weighted by Crippen LogP contribution is -2.44. The minimum Gasteiger partial charge on any atom is -0.317 e. The molecule has 0 bridgehead atoms. The van der Waals surface area contributed by atoms with Crippen LogP contribution in [0.4, 0.5) is 10.1 Å². The van der Waals surface area contributed by atoms with Crippen LogP contribution >= 0.6 is 12.4 Å². The standard InChI is InChI=1S/C11H13FN2O2S.ClH/c12-8-2-1-3-9-10(8)11(17(15,16)14-9)4-6-13-7-5-11;/h1-3,13-14H,4-7H2;1H. The molecule has 3 rings (SSSR count). The molecule has 1 aromatic rings. The maximum Gasteiger partial charge on any atom is 0.243 e. The molecule has 4 nitrogen and oxygen atoms in total. The molecule has 0 unspecified atom stereocenters. The minimum atomic E-state index is -3.52. The van der Waals surface area contributed by atoms with Crippen LogP contribution in [-0.2, 0) is 14.8 Å². The predicted octanol–water partition coefficient (Wildman–Crippen LogP) is 1.58. The van der Waals surface area contributed by atoms with E-state index in [-0.39, 0.29) is 12.4 Å². The van der Waals surface area contributed by atoms with Gasteiger partial charge >= 0.3 is 0 Å². The quantitative estimate of drug-likeness (QED) is 0.763. The smallest absolute Gasteiger partial charge is 0.243 e. The van der Waals surface area contributed by atoms with E-state index in [1.807, 2.05) is 0 Å². The fourth-order valence-electron chi connectivity index (χ4n) is 2.80. The highest BCUT2D eigenvalue weighted by molar-refractivity contribution is 7.94. The Hall–Kier alpha value is -0.850. The summed E-state index contributed by atoms with van der Waals surface area (Å²) in [6.45, 7) is 1.18. The van der Waals surface area contributed by atoms with Crippen molar-refractivity contribution in [3.8, 4) is 0 Å². The van der Waals surface area contributed by atoms with E-state index in [2.05, 4.69) is 10.0 Å². The number of sulfonamides is 1. The molecule has 7 heteroatoms. The van der Waals surface area contributed by atoms with Crippen molar-refractivity contribution in [2.45, 2.75) is 17.6 Å². The van der Waals surface area contributed by atoms with Crippen LogP contribution in [0.25, 0.3) is 0 Å². The molecule has 2 aliphatic rings. The second kappa shape index (κ2) is 4.36. The van der Waals surface area contributed by atoms with Crippen LogP contribution in [0, 0.1) is 5.82 Å². The molecule has 0 radical (unpaired) electrons. The molecule has 0 atom stereocenters. The van der Waals surface area contributed by atoms with Crippen LogP contribution in [0.3, 0.4) is 0 Å². The van der Waals surface area contributed by atoms with E-state index in [9.17, 15) is 12.8 Å². The Morgan fingerprint density at radius 3 is 2.56 bits per heavy atom. The van der Waals surface area contributed by atoms with Crippen LogP contribution in [0.5, 0.6) is 0 Å². The van der Waals surface area contributed by atoms with E-state index in [0.717, 1.165) is 0 Å². The van der Waals surface area contributed by atoms with E-state index >= 15 is 0 Å². The third kappa shape index (κ3) is 1.63. The highest BCUT2D eigenvalue weighted by Gasteiger charge is 2.53. The number of piperidine rings is 1. The first-order chi connectivity index (χ1) is 8.07. The number of hydrogen-bond acceptors (Lipinski definition) is 3. The number of fused-ring (bicyclic) bond motifs is 2. The molecule has 18 heavy (non-hydrogen) atoms. The number of anilines is 1. The van der Waals surface area contributed by atoms with Gasteiger partial charge in [-0.15, -0.1) is 12.4 Å². The van der Waals surface area contributed by atoms with Crippen molar-refractivity contribution in [3.63, 3.8) is 0 Å². The van der Waals surface area contributed by atoms with Crippen LogP contribution < -0.4 is 10.0 Å². The fraction of sp³-hybridized carbons (Fsp3) is 0.455. The molecule has 1 spiro atoms. The Bertz CT molecular complexity index is 570. The number of halogens is 2. The molecular formula is C11H14ClFN2O2S. The summed E-state index contributed by atoms with van der Waals surface area (Å²) in [6.07, 6.45) is 0.826. The monoisotopic (exact) mass is 292 g/mol. The van der Waals surface area contributed by atoms with Crippen molar-refractivity contribution in [2.75, 3.05) is 17.8 Å². The Morgan fingerprint density at radius 2 is 1.89 bits per heavy atom. The zero-order valence-electron chi connectivity index (χ0n) is 9.57. The normalized spacial score (nSPS) is 22.9. The van der Waals surface area contributed by atoms with Crippen molar-refractivity contribution in [2.24, 2.45) is 0 Å². The lowest BCUT2D eigenvalue weighted by Gasteiger charge is -2.32. The van der Waals surface area contributed by atoms with Crippen molar-refractivity contribution >= 4 is 28.1 Å². The predicted molar refractivity (Wildman–Crippen MR) is 70.0 cm³/mol. The van der Waals surface area contributed by atoms with Gasteiger partial charge in [0.05, 0.1) is 5.69 Å². The summed E-state index contributed by atoms with van der Waals surface area (Å²) >= 11 is 0. The van der Waals surface area contributed by atoms with Crippen LogP contribution in [0.15, 0.2) is 18.2 Å². The summed E-state index contributed by atoms with van der Waals surface area (Å²) in [6, 6.07) is 4.47. The lowest BCUT2D eigenvalue weighted by molar-refractivity contribution is 0.391. The molecule has 2 aliphatic heterocycles. The lowest BCUT2D eigenvalue weighted by atomic mass is 9.88. The van der Waals surface area contributed by atoms with Gasteiger partial charge in [-0.25, -0.2) is 12.8 Å². The summed E-state index contributed by atoms with van der Waals surface area (Å²) in [7, 11) is -3.52. The Morgan fingerprint density at radius 1 is 1.22 bits per heavy atom. The molecule has 0 saturated carbocycles. The number of hydrogen-bond donors (Lipinski definition) is 2.